The van der Waals surface area contributed by atoms with Gasteiger partial charge in [0.15, 0.2) is 0 Å². The first kappa shape index (κ1) is 11.5. The Labute approximate surface area is 105 Å². The number of hydrogen-bond acceptors (Lipinski definition) is 3. The van der Waals surface area contributed by atoms with E-state index in [0.717, 1.165) is 19.3 Å². The molecular formula is C13H16N2O3. The molecule has 3 rings (SSSR count). The molecule has 18 heavy (non-hydrogen) atoms. The fourth-order valence-electron chi connectivity index (χ4n) is 2.73. The summed E-state index contributed by atoms with van der Waals surface area (Å²) in [5, 5.41) is 2.96. The smallest absolute Gasteiger partial charge is 0.251 e. The summed E-state index contributed by atoms with van der Waals surface area (Å²) in [4.78, 5) is 23.5. The lowest BCUT2D eigenvalue weighted by Gasteiger charge is -2.19. The van der Waals surface area contributed by atoms with Crippen LogP contribution in [0.15, 0.2) is 23.1 Å². The molecule has 1 aromatic heterocycles. The maximum Gasteiger partial charge on any atom is 0.251 e. The first-order chi connectivity index (χ1) is 8.63. The molecule has 1 N–H and O–H groups in total. The van der Waals surface area contributed by atoms with E-state index in [1.54, 1.807) is 19.3 Å². The van der Waals surface area contributed by atoms with Gasteiger partial charge in [0, 0.05) is 24.9 Å². The number of aryl methyl sites for hydroxylation is 1. The Bertz CT molecular complexity index is 537. The number of fused-ring (bicyclic) bond motifs is 2. The molecule has 0 aliphatic carbocycles. The fourth-order valence-corrected chi connectivity index (χ4v) is 2.73. The van der Waals surface area contributed by atoms with E-state index in [9.17, 15) is 9.59 Å². The van der Waals surface area contributed by atoms with Gasteiger partial charge in [-0.25, -0.2) is 0 Å². The van der Waals surface area contributed by atoms with E-state index >= 15 is 0 Å². The van der Waals surface area contributed by atoms with E-state index in [0.29, 0.717) is 11.7 Å². The minimum Gasteiger partial charge on any atom is -0.373 e. The van der Waals surface area contributed by atoms with E-state index in [4.69, 9.17) is 4.74 Å². The zero-order chi connectivity index (χ0) is 12.7. The van der Waals surface area contributed by atoms with Gasteiger partial charge in [-0.2, -0.15) is 0 Å². The number of nitrogens with one attached hydrogen (secondary N) is 1. The van der Waals surface area contributed by atoms with Crippen molar-refractivity contribution in [2.24, 2.45) is 7.05 Å². The molecule has 3 unspecified atom stereocenters. The van der Waals surface area contributed by atoms with Crippen LogP contribution in [0.4, 0.5) is 0 Å². The molecule has 3 heterocycles. The summed E-state index contributed by atoms with van der Waals surface area (Å²) in [6.45, 7) is 0. The minimum absolute atomic E-state index is 0.0975. The molecule has 0 aromatic carbocycles. The van der Waals surface area contributed by atoms with Gasteiger partial charge in [-0.15, -0.1) is 0 Å². The largest absolute Gasteiger partial charge is 0.373 e. The minimum atomic E-state index is -0.186. The van der Waals surface area contributed by atoms with Gasteiger partial charge >= 0.3 is 0 Å². The Kier molecular flexibility index (Phi) is 2.70. The van der Waals surface area contributed by atoms with E-state index in [1.807, 2.05) is 0 Å². The van der Waals surface area contributed by atoms with Crippen LogP contribution in [-0.4, -0.2) is 28.7 Å². The van der Waals surface area contributed by atoms with Crippen LogP contribution < -0.4 is 10.9 Å². The van der Waals surface area contributed by atoms with Gasteiger partial charge in [0.1, 0.15) is 0 Å². The van der Waals surface area contributed by atoms with E-state index in [-0.39, 0.29) is 23.6 Å². The van der Waals surface area contributed by atoms with Crippen molar-refractivity contribution in [3.05, 3.63) is 34.2 Å². The zero-order valence-corrected chi connectivity index (χ0v) is 10.3. The normalized spacial score (nSPS) is 29.5. The first-order valence-electron chi connectivity index (χ1n) is 6.26. The highest BCUT2D eigenvalue weighted by molar-refractivity contribution is 5.94. The SMILES string of the molecule is Cn1ccc(C(=O)NC2CC3CCC2O3)cc1=O. The van der Waals surface area contributed by atoms with Crippen LogP contribution in [0.2, 0.25) is 0 Å². The molecule has 2 aliphatic heterocycles. The van der Waals surface area contributed by atoms with Crippen LogP contribution in [0.5, 0.6) is 0 Å². The van der Waals surface area contributed by atoms with Gasteiger partial charge in [0.2, 0.25) is 0 Å². The van der Waals surface area contributed by atoms with Crippen LogP contribution in [-0.2, 0) is 11.8 Å². The van der Waals surface area contributed by atoms with Crippen LogP contribution in [0.25, 0.3) is 0 Å². The highest BCUT2D eigenvalue weighted by atomic mass is 16.5. The summed E-state index contributed by atoms with van der Waals surface area (Å²) >= 11 is 0. The number of nitrogens with zero attached hydrogens (tertiary/aromatic N) is 1. The second-order valence-electron chi connectivity index (χ2n) is 5.05. The van der Waals surface area contributed by atoms with Crippen LogP contribution in [0.1, 0.15) is 29.6 Å². The molecule has 1 amide bonds. The molecular weight excluding hydrogens is 232 g/mol. The van der Waals surface area contributed by atoms with Crippen molar-refractivity contribution in [1.82, 2.24) is 9.88 Å². The van der Waals surface area contributed by atoms with Crippen LogP contribution in [0, 0.1) is 0 Å². The van der Waals surface area contributed by atoms with Gasteiger partial charge < -0.3 is 14.6 Å². The molecule has 2 aliphatic rings. The maximum absolute atomic E-state index is 12.0. The van der Waals surface area contributed by atoms with Gasteiger partial charge in [-0.05, 0) is 25.3 Å². The van der Waals surface area contributed by atoms with Crippen molar-refractivity contribution in [2.75, 3.05) is 0 Å². The predicted octanol–water partition coefficient (Wildman–Crippen LogP) is 0.435. The average molecular weight is 248 g/mol. The lowest BCUT2D eigenvalue weighted by Crippen LogP contribution is -2.41. The lowest BCUT2D eigenvalue weighted by atomic mass is 9.95. The molecule has 0 radical (unpaired) electrons. The van der Waals surface area contributed by atoms with Gasteiger partial charge in [-0.3, -0.25) is 9.59 Å². The number of amides is 1. The third-order valence-electron chi connectivity index (χ3n) is 3.79. The molecule has 5 nitrogen and oxygen atoms in total. The predicted molar refractivity (Wildman–Crippen MR) is 65.4 cm³/mol. The van der Waals surface area contributed by atoms with E-state index < -0.39 is 0 Å². The lowest BCUT2D eigenvalue weighted by molar-refractivity contribution is 0.0840. The second-order valence-corrected chi connectivity index (χ2v) is 5.05. The number of rotatable bonds is 2. The van der Waals surface area contributed by atoms with Gasteiger partial charge in [0.05, 0.1) is 18.2 Å². The number of hydrogen-bond donors (Lipinski definition) is 1. The molecule has 0 saturated carbocycles. The summed E-state index contributed by atoms with van der Waals surface area (Å²) in [7, 11) is 1.66. The number of ether oxygens (including phenoxy) is 1. The molecule has 3 atom stereocenters. The fraction of sp³-hybridized carbons (Fsp3) is 0.538. The number of carbonyl (C=O) groups excluding carboxylic acids is 1. The number of pyridine rings is 1. The van der Waals surface area contributed by atoms with Crippen molar-refractivity contribution in [3.63, 3.8) is 0 Å². The molecule has 96 valence electrons. The monoisotopic (exact) mass is 248 g/mol. The van der Waals surface area contributed by atoms with Crippen molar-refractivity contribution in [1.29, 1.82) is 0 Å². The second kappa shape index (κ2) is 4.24. The average Bonchev–Trinajstić information content (AvgIpc) is 2.94. The molecule has 0 spiro atoms. The van der Waals surface area contributed by atoms with Crippen molar-refractivity contribution in [2.45, 2.75) is 37.5 Å². The van der Waals surface area contributed by atoms with Gasteiger partial charge in [0.25, 0.3) is 11.5 Å². The molecule has 5 heteroatoms. The van der Waals surface area contributed by atoms with Crippen LogP contribution in [0.3, 0.4) is 0 Å². The Balaban J connectivity index is 1.71. The quantitative estimate of drug-likeness (QED) is 0.826. The molecule has 2 bridgehead atoms. The summed E-state index contributed by atoms with van der Waals surface area (Å²) in [5.41, 5.74) is 0.243. The highest BCUT2D eigenvalue weighted by Crippen LogP contribution is 2.34. The van der Waals surface area contributed by atoms with Crippen molar-refractivity contribution in [3.8, 4) is 0 Å². The Morgan fingerprint density at radius 1 is 1.50 bits per heavy atom. The Hall–Kier alpha value is -1.62. The maximum atomic E-state index is 12.0. The summed E-state index contributed by atoms with van der Waals surface area (Å²) in [6, 6.07) is 3.12. The zero-order valence-electron chi connectivity index (χ0n) is 10.3. The molecule has 2 saturated heterocycles. The molecule has 1 aromatic rings. The summed E-state index contributed by atoms with van der Waals surface area (Å²) in [6.07, 6.45) is 5.08. The van der Waals surface area contributed by atoms with Crippen LogP contribution >= 0.6 is 0 Å². The summed E-state index contributed by atoms with van der Waals surface area (Å²) in [5.74, 6) is -0.186. The summed E-state index contributed by atoms with van der Waals surface area (Å²) < 4.78 is 7.13. The Morgan fingerprint density at radius 2 is 2.33 bits per heavy atom. The van der Waals surface area contributed by atoms with Crippen molar-refractivity contribution < 1.29 is 9.53 Å². The van der Waals surface area contributed by atoms with Crippen molar-refractivity contribution >= 4 is 5.91 Å². The highest BCUT2D eigenvalue weighted by Gasteiger charge is 2.41. The first-order valence-corrected chi connectivity index (χ1v) is 6.26. The molecule has 2 fully saturated rings. The van der Waals surface area contributed by atoms with E-state index in [2.05, 4.69) is 5.32 Å². The number of carbonyl (C=O) groups is 1. The van der Waals surface area contributed by atoms with E-state index in [1.165, 1.54) is 10.6 Å². The standard InChI is InChI=1S/C13H16N2O3/c1-15-5-4-8(6-12(15)16)13(17)14-10-7-9-2-3-11(10)18-9/h4-6,9-11H,2-3,7H2,1H3,(H,14,17). The topological polar surface area (TPSA) is 60.3 Å². The Morgan fingerprint density at radius 3 is 2.94 bits per heavy atom. The number of aromatic nitrogens is 1. The third-order valence-corrected chi connectivity index (χ3v) is 3.79. The third kappa shape index (κ3) is 1.95. The van der Waals surface area contributed by atoms with Gasteiger partial charge in [-0.1, -0.05) is 0 Å².